The number of nitrogens with zero attached hydrogens (tertiary/aromatic N) is 1. The summed E-state index contributed by atoms with van der Waals surface area (Å²) in [6.07, 6.45) is -1.17. The number of benzene rings is 1. The van der Waals surface area contributed by atoms with Gasteiger partial charge in [0, 0.05) is 5.69 Å². The minimum Gasteiger partial charge on any atom is -0.448 e. The van der Waals surface area contributed by atoms with Crippen LogP contribution in [0.1, 0.15) is 19.4 Å². The van der Waals surface area contributed by atoms with Crippen molar-refractivity contribution in [1.82, 2.24) is 0 Å². The Balaban J connectivity index is 0.00000162. The van der Waals surface area contributed by atoms with Gasteiger partial charge in [-0.05, 0) is 31.9 Å². The summed E-state index contributed by atoms with van der Waals surface area (Å²) in [6, 6.07) is 6.64. The van der Waals surface area contributed by atoms with Gasteiger partial charge in [-0.15, -0.1) is 0 Å². The molecule has 2 rings (SSSR count). The number of hydrogen-bond donors (Lipinski definition) is 0. The first-order valence-electron chi connectivity index (χ1n) is 5.36. The fourth-order valence-electron chi connectivity index (χ4n) is 2.19. The van der Waals surface area contributed by atoms with Gasteiger partial charge in [0.25, 0.3) is 0 Å². The molecule has 1 amide bonds. The molecule has 1 aliphatic heterocycles. The van der Waals surface area contributed by atoms with Gasteiger partial charge in [-0.25, -0.2) is 0 Å². The molecule has 0 fully saturated rings. The first-order valence-corrected chi connectivity index (χ1v) is 5.36. The molecule has 0 radical (unpaired) electrons. The summed E-state index contributed by atoms with van der Waals surface area (Å²) in [5, 5.41) is 0. The van der Waals surface area contributed by atoms with Crippen LogP contribution in [0.15, 0.2) is 24.3 Å². The topological polar surface area (TPSA) is 20.3 Å². The van der Waals surface area contributed by atoms with Crippen molar-refractivity contribution >= 4 is 18.6 Å². The summed E-state index contributed by atoms with van der Waals surface area (Å²) < 4.78 is 37.5. The molecule has 1 aliphatic rings. The van der Waals surface area contributed by atoms with Gasteiger partial charge in [0.1, 0.15) is 0 Å². The zero-order valence-corrected chi connectivity index (χ0v) is 13.7. The molecule has 0 bridgehead atoms. The Labute approximate surface area is 146 Å². The molecule has 1 heterocycles. The Kier molecular flexibility index (Phi) is 4.77. The van der Waals surface area contributed by atoms with Crippen LogP contribution >= 0.6 is 0 Å². The normalized spacial score (nSPS) is 17.4. The largest absolute Gasteiger partial charge is 1.00 e. The maximum Gasteiger partial charge on any atom is 1.00 e. The smallest absolute Gasteiger partial charge is 0.448 e. The number of anilines is 1. The molecule has 0 saturated heterocycles. The maximum absolute atomic E-state index is 12.5. The second kappa shape index (κ2) is 5.28. The number of amides is 1. The first-order chi connectivity index (χ1) is 7.73. The predicted octanol–water partition coefficient (Wildman–Crippen LogP) is -0.299. The van der Waals surface area contributed by atoms with E-state index in [4.69, 9.17) is 0 Å². The SMILES string of the molecule is CC1(C)C(=O)N(C[B-](F)(F)F)c2ccccc21.[K+]. The van der Waals surface area contributed by atoms with Gasteiger partial charge in [-0.2, -0.15) is 0 Å². The van der Waals surface area contributed by atoms with E-state index in [9.17, 15) is 17.7 Å². The standard InChI is InChI=1S/C11H12BF3NO.K/c1-11(2)8-5-3-4-6-9(8)16(10(11)17)7-12(13,14)15;/h3-6H,7H2,1-2H3;/q-1;+1. The molecule has 92 valence electrons. The number of carbonyl (C=O) groups excluding carboxylic acids is 1. The van der Waals surface area contributed by atoms with Gasteiger partial charge < -0.3 is 17.8 Å². The number of rotatable bonds is 2. The van der Waals surface area contributed by atoms with Crippen molar-refractivity contribution in [2.45, 2.75) is 19.3 Å². The number of hydrogen-bond acceptors (Lipinski definition) is 1. The number of carbonyl (C=O) groups is 1. The molecule has 0 spiro atoms. The molecule has 0 aliphatic carbocycles. The summed E-state index contributed by atoms with van der Waals surface area (Å²) >= 11 is 0. The van der Waals surface area contributed by atoms with Crippen LogP contribution in [0.5, 0.6) is 0 Å². The Bertz CT molecular complexity index is 476. The van der Waals surface area contributed by atoms with E-state index in [1.807, 2.05) is 0 Å². The molecular weight excluding hydrogens is 269 g/mol. The minimum absolute atomic E-state index is 0. The quantitative estimate of drug-likeness (QED) is 0.682. The van der Waals surface area contributed by atoms with Crippen molar-refractivity contribution in [3.8, 4) is 0 Å². The van der Waals surface area contributed by atoms with Gasteiger partial charge in [-0.3, -0.25) is 4.79 Å². The molecule has 1 aromatic carbocycles. The van der Waals surface area contributed by atoms with E-state index in [1.54, 1.807) is 38.1 Å². The van der Waals surface area contributed by atoms with Crippen molar-refractivity contribution in [2.75, 3.05) is 11.3 Å². The minimum atomic E-state index is -5.02. The Morgan fingerprint density at radius 2 is 1.78 bits per heavy atom. The Hall–Kier alpha value is 0.181. The number of fused-ring (bicyclic) bond motifs is 1. The summed E-state index contributed by atoms with van der Waals surface area (Å²) in [5.74, 6) is -0.488. The van der Waals surface area contributed by atoms with Gasteiger partial charge in [0.05, 0.1) is 5.41 Å². The average Bonchev–Trinajstić information content (AvgIpc) is 2.39. The van der Waals surface area contributed by atoms with Crippen molar-refractivity contribution in [3.63, 3.8) is 0 Å². The summed E-state index contributed by atoms with van der Waals surface area (Å²) in [6.45, 7) is -1.72. The molecule has 0 N–H and O–H groups in total. The van der Waals surface area contributed by atoms with Gasteiger partial charge >= 0.3 is 58.4 Å². The molecule has 18 heavy (non-hydrogen) atoms. The Morgan fingerprint density at radius 1 is 1.22 bits per heavy atom. The molecular formula is C11H12BF3KNO. The zero-order chi connectivity index (χ0) is 12.8. The van der Waals surface area contributed by atoms with E-state index in [0.717, 1.165) is 4.90 Å². The summed E-state index contributed by atoms with van der Waals surface area (Å²) in [7, 11) is 0. The molecule has 2 nitrogen and oxygen atoms in total. The summed E-state index contributed by atoms with van der Waals surface area (Å²) in [4.78, 5) is 12.8. The third kappa shape index (κ3) is 2.85. The number of para-hydroxylation sites is 1. The van der Waals surface area contributed by atoms with Gasteiger partial charge in [-0.1, -0.05) is 18.2 Å². The molecule has 0 unspecified atom stereocenters. The molecule has 7 heteroatoms. The third-order valence-electron chi connectivity index (χ3n) is 3.04. The van der Waals surface area contributed by atoms with Gasteiger partial charge in [0.15, 0.2) is 0 Å². The van der Waals surface area contributed by atoms with E-state index in [1.165, 1.54) is 0 Å². The van der Waals surface area contributed by atoms with E-state index >= 15 is 0 Å². The van der Waals surface area contributed by atoms with Crippen molar-refractivity contribution < 1.29 is 69.1 Å². The fraction of sp³-hybridized carbons (Fsp3) is 0.364. The van der Waals surface area contributed by atoms with Crippen molar-refractivity contribution in [2.24, 2.45) is 0 Å². The Morgan fingerprint density at radius 3 is 2.33 bits per heavy atom. The van der Waals surface area contributed by atoms with E-state index in [-0.39, 0.29) is 51.4 Å². The second-order valence-electron chi connectivity index (χ2n) is 4.77. The first kappa shape index (κ1) is 16.2. The van der Waals surface area contributed by atoms with Gasteiger partial charge in [0.2, 0.25) is 5.91 Å². The van der Waals surface area contributed by atoms with E-state index < -0.39 is 24.7 Å². The molecule has 1 aromatic rings. The fourth-order valence-corrected chi connectivity index (χ4v) is 2.19. The summed E-state index contributed by atoms with van der Waals surface area (Å²) in [5.41, 5.74) is 0.157. The second-order valence-corrected chi connectivity index (χ2v) is 4.77. The van der Waals surface area contributed by atoms with E-state index in [0.29, 0.717) is 11.3 Å². The molecule has 0 saturated carbocycles. The van der Waals surface area contributed by atoms with E-state index in [2.05, 4.69) is 0 Å². The average molecular weight is 281 g/mol. The van der Waals surface area contributed by atoms with Crippen LogP contribution in [-0.2, 0) is 10.2 Å². The van der Waals surface area contributed by atoms with Crippen LogP contribution in [0.25, 0.3) is 0 Å². The number of halogens is 3. The third-order valence-corrected chi connectivity index (χ3v) is 3.04. The zero-order valence-electron chi connectivity index (χ0n) is 10.6. The van der Waals surface area contributed by atoms with Crippen LogP contribution in [0, 0.1) is 0 Å². The van der Waals surface area contributed by atoms with Crippen LogP contribution in [0.3, 0.4) is 0 Å². The predicted molar refractivity (Wildman–Crippen MR) is 60.9 cm³/mol. The van der Waals surface area contributed by atoms with Crippen molar-refractivity contribution in [3.05, 3.63) is 29.8 Å². The molecule has 0 atom stereocenters. The van der Waals surface area contributed by atoms with Crippen LogP contribution in [-0.4, -0.2) is 19.3 Å². The maximum atomic E-state index is 12.5. The monoisotopic (exact) mass is 281 g/mol. The van der Waals surface area contributed by atoms with Crippen LogP contribution < -0.4 is 56.3 Å². The van der Waals surface area contributed by atoms with Crippen LogP contribution in [0.2, 0.25) is 0 Å². The van der Waals surface area contributed by atoms with Crippen molar-refractivity contribution in [1.29, 1.82) is 0 Å². The molecule has 0 aromatic heterocycles. The van der Waals surface area contributed by atoms with Crippen LogP contribution in [0.4, 0.5) is 18.6 Å².